The standard InChI is InChI=1S/C25H29N3O3S/c1-18-11-12-21(27-13-15-28(16-14-27)32(3,30)31)17-24(18)25(29)26-19(2)22-10-6-8-20-7-4-5-9-23(20)22/h4-12,17,19H,13-16H2,1-3H3,(H,26,29). The van der Waals surface area contributed by atoms with Crippen LogP contribution in [0.4, 0.5) is 5.69 Å². The highest BCUT2D eigenvalue weighted by molar-refractivity contribution is 7.88. The summed E-state index contributed by atoms with van der Waals surface area (Å²) >= 11 is 0. The van der Waals surface area contributed by atoms with Gasteiger partial charge < -0.3 is 10.2 Å². The average Bonchev–Trinajstić information content (AvgIpc) is 2.78. The number of sulfonamides is 1. The summed E-state index contributed by atoms with van der Waals surface area (Å²) in [5.74, 6) is -0.112. The Morgan fingerprint density at radius 1 is 0.969 bits per heavy atom. The number of carbonyl (C=O) groups excluding carboxylic acids is 1. The number of hydrogen-bond donors (Lipinski definition) is 1. The minimum absolute atomic E-state index is 0.112. The van der Waals surface area contributed by atoms with Gasteiger partial charge in [0.15, 0.2) is 0 Å². The fourth-order valence-electron chi connectivity index (χ4n) is 4.31. The van der Waals surface area contributed by atoms with Crippen molar-refractivity contribution in [3.63, 3.8) is 0 Å². The summed E-state index contributed by atoms with van der Waals surface area (Å²) in [6.07, 6.45) is 1.24. The van der Waals surface area contributed by atoms with Gasteiger partial charge in [-0.25, -0.2) is 8.42 Å². The molecular weight excluding hydrogens is 422 g/mol. The van der Waals surface area contributed by atoms with E-state index < -0.39 is 10.0 Å². The average molecular weight is 452 g/mol. The maximum Gasteiger partial charge on any atom is 0.252 e. The number of benzene rings is 3. The second-order valence-corrected chi connectivity index (χ2v) is 10.4. The normalized spacial score (nSPS) is 16.2. The van der Waals surface area contributed by atoms with Crippen molar-refractivity contribution >= 4 is 32.4 Å². The van der Waals surface area contributed by atoms with Crippen LogP contribution in [0.2, 0.25) is 0 Å². The molecule has 6 nitrogen and oxygen atoms in total. The Morgan fingerprint density at radius 3 is 2.38 bits per heavy atom. The summed E-state index contributed by atoms with van der Waals surface area (Å²) in [6, 6.07) is 20.0. The molecule has 0 bridgehead atoms. The van der Waals surface area contributed by atoms with E-state index in [1.807, 2.05) is 50.2 Å². The predicted octanol–water partition coefficient (Wildman–Crippen LogP) is 3.72. The van der Waals surface area contributed by atoms with Crippen LogP contribution in [0.5, 0.6) is 0 Å². The van der Waals surface area contributed by atoms with Crippen molar-refractivity contribution in [2.45, 2.75) is 19.9 Å². The lowest BCUT2D eigenvalue weighted by Crippen LogP contribution is -2.48. The summed E-state index contributed by atoms with van der Waals surface area (Å²) in [5, 5.41) is 5.44. The van der Waals surface area contributed by atoms with Gasteiger partial charge in [-0.3, -0.25) is 4.79 Å². The number of piperazine rings is 1. The van der Waals surface area contributed by atoms with E-state index in [-0.39, 0.29) is 11.9 Å². The highest BCUT2D eigenvalue weighted by Crippen LogP contribution is 2.26. The first-order valence-electron chi connectivity index (χ1n) is 10.8. The van der Waals surface area contributed by atoms with Crippen LogP contribution in [0.25, 0.3) is 10.8 Å². The molecule has 1 aliphatic heterocycles. The van der Waals surface area contributed by atoms with Crippen molar-refractivity contribution in [1.29, 1.82) is 0 Å². The number of amides is 1. The van der Waals surface area contributed by atoms with Crippen molar-refractivity contribution in [3.05, 3.63) is 77.4 Å². The minimum atomic E-state index is -3.17. The largest absolute Gasteiger partial charge is 0.369 e. The molecule has 1 amide bonds. The number of fused-ring (bicyclic) bond motifs is 1. The van der Waals surface area contributed by atoms with Crippen molar-refractivity contribution < 1.29 is 13.2 Å². The molecule has 0 aliphatic carbocycles. The lowest BCUT2D eigenvalue weighted by Gasteiger charge is -2.35. The molecule has 0 spiro atoms. The monoisotopic (exact) mass is 451 g/mol. The molecule has 1 unspecified atom stereocenters. The molecule has 1 aliphatic rings. The van der Waals surface area contributed by atoms with Gasteiger partial charge in [-0.2, -0.15) is 4.31 Å². The summed E-state index contributed by atoms with van der Waals surface area (Å²) in [4.78, 5) is 15.3. The van der Waals surface area contributed by atoms with Gasteiger partial charge >= 0.3 is 0 Å². The molecule has 0 saturated carbocycles. The van der Waals surface area contributed by atoms with Gasteiger partial charge in [-0.15, -0.1) is 0 Å². The minimum Gasteiger partial charge on any atom is -0.369 e. The quantitative estimate of drug-likeness (QED) is 0.642. The number of carbonyl (C=O) groups is 1. The third-order valence-corrected chi connectivity index (χ3v) is 7.48. The second kappa shape index (κ2) is 8.92. The van der Waals surface area contributed by atoms with E-state index in [9.17, 15) is 13.2 Å². The predicted molar refractivity (Wildman–Crippen MR) is 130 cm³/mol. The van der Waals surface area contributed by atoms with Gasteiger partial charge in [-0.05, 0) is 47.9 Å². The van der Waals surface area contributed by atoms with E-state index in [1.54, 1.807) is 0 Å². The number of anilines is 1. The van der Waals surface area contributed by atoms with Crippen LogP contribution in [0.3, 0.4) is 0 Å². The van der Waals surface area contributed by atoms with Crippen molar-refractivity contribution in [1.82, 2.24) is 9.62 Å². The Kier molecular flexibility index (Phi) is 6.22. The molecular formula is C25H29N3O3S. The first-order valence-corrected chi connectivity index (χ1v) is 12.7. The number of rotatable bonds is 5. The molecule has 1 heterocycles. The van der Waals surface area contributed by atoms with E-state index in [0.29, 0.717) is 31.7 Å². The van der Waals surface area contributed by atoms with Gasteiger partial charge in [0, 0.05) is 37.4 Å². The maximum atomic E-state index is 13.2. The van der Waals surface area contributed by atoms with Crippen molar-refractivity contribution in [2.24, 2.45) is 0 Å². The van der Waals surface area contributed by atoms with Gasteiger partial charge in [0.05, 0.1) is 12.3 Å². The Labute approximate surface area is 189 Å². The summed E-state index contributed by atoms with van der Waals surface area (Å²) in [7, 11) is -3.17. The summed E-state index contributed by atoms with van der Waals surface area (Å²) in [6.45, 7) is 6.04. The molecule has 0 aromatic heterocycles. The van der Waals surface area contributed by atoms with Gasteiger partial charge in [-0.1, -0.05) is 48.5 Å². The number of nitrogens with one attached hydrogen (secondary N) is 1. The summed E-state index contributed by atoms with van der Waals surface area (Å²) in [5.41, 5.74) is 3.57. The lowest BCUT2D eigenvalue weighted by molar-refractivity contribution is 0.0939. The van der Waals surface area contributed by atoms with Gasteiger partial charge in [0.1, 0.15) is 0 Å². The van der Waals surface area contributed by atoms with Crippen LogP contribution in [0.15, 0.2) is 60.7 Å². The fourth-order valence-corrected chi connectivity index (χ4v) is 5.14. The second-order valence-electron chi connectivity index (χ2n) is 8.41. The Morgan fingerprint density at radius 2 is 1.66 bits per heavy atom. The van der Waals surface area contributed by atoms with Gasteiger partial charge in [0.25, 0.3) is 5.91 Å². The zero-order valence-electron chi connectivity index (χ0n) is 18.7. The van der Waals surface area contributed by atoms with Crippen molar-refractivity contribution in [3.8, 4) is 0 Å². The van der Waals surface area contributed by atoms with E-state index in [1.165, 1.54) is 10.6 Å². The molecule has 4 rings (SSSR count). The third kappa shape index (κ3) is 4.64. The van der Waals surface area contributed by atoms with E-state index in [4.69, 9.17) is 0 Å². The van der Waals surface area contributed by atoms with Crippen LogP contribution >= 0.6 is 0 Å². The number of aryl methyl sites for hydroxylation is 1. The molecule has 1 atom stereocenters. The molecule has 7 heteroatoms. The molecule has 0 radical (unpaired) electrons. The van der Waals surface area contributed by atoms with Crippen molar-refractivity contribution in [2.75, 3.05) is 37.3 Å². The van der Waals surface area contributed by atoms with Crippen LogP contribution in [0.1, 0.15) is 34.5 Å². The molecule has 3 aromatic rings. The number of hydrogen-bond acceptors (Lipinski definition) is 4. The number of nitrogens with zero attached hydrogens (tertiary/aromatic N) is 2. The smallest absolute Gasteiger partial charge is 0.252 e. The lowest BCUT2D eigenvalue weighted by atomic mass is 9.99. The highest BCUT2D eigenvalue weighted by Gasteiger charge is 2.24. The van der Waals surface area contributed by atoms with Crippen LogP contribution in [0, 0.1) is 6.92 Å². The van der Waals surface area contributed by atoms with Crippen LogP contribution in [-0.4, -0.2) is 51.1 Å². The maximum absolute atomic E-state index is 13.2. The highest BCUT2D eigenvalue weighted by atomic mass is 32.2. The fraction of sp³-hybridized carbons (Fsp3) is 0.320. The molecule has 1 saturated heterocycles. The Balaban J connectivity index is 1.52. The Bertz CT molecular complexity index is 1240. The van der Waals surface area contributed by atoms with Crippen LogP contribution in [-0.2, 0) is 10.0 Å². The molecule has 3 aromatic carbocycles. The van der Waals surface area contributed by atoms with E-state index >= 15 is 0 Å². The van der Waals surface area contributed by atoms with E-state index in [0.717, 1.165) is 27.6 Å². The first-order chi connectivity index (χ1) is 15.2. The van der Waals surface area contributed by atoms with E-state index in [2.05, 4.69) is 34.5 Å². The molecule has 168 valence electrons. The summed E-state index contributed by atoms with van der Waals surface area (Å²) < 4.78 is 25.0. The zero-order chi connectivity index (χ0) is 22.9. The molecule has 32 heavy (non-hydrogen) atoms. The Hall–Kier alpha value is -2.90. The molecule has 1 fully saturated rings. The SMILES string of the molecule is Cc1ccc(N2CCN(S(C)(=O)=O)CC2)cc1C(=O)NC(C)c1cccc2ccccc12. The first kappa shape index (κ1) is 22.3. The zero-order valence-corrected chi connectivity index (χ0v) is 19.5. The van der Waals surface area contributed by atoms with Gasteiger partial charge in [0.2, 0.25) is 10.0 Å². The topological polar surface area (TPSA) is 69.7 Å². The van der Waals surface area contributed by atoms with Crippen LogP contribution < -0.4 is 10.2 Å². The molecule has 1 N–H and O–H groups in total. The third-order valence-electron chi connectivity index (χ3n) is 6.18.